The summed E-state index contributed by atoms with van der Waals surface area (Å²) < 4.78 is 2.21. The minimum Gasteiger partial charge on any atom is -0.352 e. The Labute approximate surface area is 180 Å². The molecule has 4 nitrogen and oxygen atoms in total. The molecule has 0 radical (unpaired) electrons. The van der Waals surface area contributed by atoms with Crippen LogP contribution >= 0.6 is 11.8 Å². The zero-order valence-electron chi connectivity index (χ0n) is 16.4. The first-order valence-electron chi connectivity index (χ1n) is 9.84. The average molecular weight is 412 g/mol. The number of aryl methyl sites for hydroxylation is 1. The Morgan fingerprint density at radius 2 is 1.67 bits per heavy atom. The van der Waals surface area contributed by atoms with Crippen LogP contribution in [0.15, 0.2) is 94.9 Å². The molecule has 0 aliphatic heterocycles. The number of aromatic nitrogens is 1. The molecule has 0 fully saturated rings. The van der Waals surface area contributed by atoms with Gasteiger partial charge in [0.15, 0.2) is 0 Å². The van der Waals surface area contributed by atoms with E-state index in [9.17, 15) is 10.1 Å². The van der Waals surface area contributed by atoms with E-state index >= 15 is 0 Å². The molecular formula is C25H21N3OS. The van der Waals surface area contributed by atoms with Crippen LogP contribution in [0.4, 0.5) is 0 Å². The van der Waals surface area contributed by atoms with Crippen molar-refractivity contribution in [3.05, 3.63) is 96.2 Å². The standard InChI is InChI=1S/C25H21N3OS/c26-18-20-9-2-5-12-23(20)30-24-13-6-3-10-21(24)25(29)27-15-7-16-28-17-14-19-8-1-4-11-22(19)28/h1-6,8-14,17H,7,15-16H2,(H,27,29). The molecule has 1 heterocycles. The molecule has 4 aromatic rings. The lowest BCUT2D eigenvalue weighted by Crippen LogP contribution is -2.25. The first-order valence-corrected chi connectivity index (χ1v) is 10.7. The smallest absolute Gasteiger partial charge is 0.252 e. The first-order chi connectivity index (χ1) is 14.8. The molecule has 4 rings (SSSR count). The first kappa shape index (κ1) is 19.8. The van der Waals surface area contributed by atoms with Gasteiger partial charge in [-0.05, 0) is 48.2 Å². The fourth-order valence-electron chi connectivity index (χ4n) is 3.39. The lowest BCUT2D eigenvalue weighted by Gasteiger charge is -2.11. The molecule has 5 heteroatoms. The van der Waals surface area contributed by atoms with Gasteiger partial charge in [0.25, 0.3) is 5.91 Å². The van der Waals surface area contributed by atoms with Gasteiger partial charge in [0.05, 0.1) is 11.1 Å². The molecule has 148 valence electrons. The summed E-state index contributed by atoms with van der Waals surface area (Å²) in [7, 11) is 0. The molecule has 0 saturated heterocycles. The number of carbonyl (C=O) groups is 1. The lowest BCUT2D eigenvalue weighted by molar-refractivity contribution is 0.0950. The summed E-state index contributed by atoms with van der Waals surface area (Å²) in [6.45, 7) is 1.44. The summed E-state index contributed by atoms with van der Waals surface area (Å²) in [6.07, 6.45) is 2.93. The van der Waals surface area contributed by atoms with Crippen molar-refractivity contribution in [2.75, 3.05) is 6.54 Å². The zero-order chi connectivity index (χ0) is 20.8. The van der Waals surface area contributed by atoms with Gasteiger partial charge in [-0.3, -0.25) is 4.79 Å². The third kappa shape index (κ3) is 4.40. The second-order valence-corrected chi connectivity index (χ2v) is 7.97. The molecule has 0 unspecified atom stereocenters. The van der Waals surface area contributed by atoms with Gasteiger partial charge in [-0.15, -0.1) is 0 Å². The highest BCUT2D eigenvalue weighted by Gasteiger charge is 2.13. The number of carbonyl (C=O) groups excluding carboxylic acids is 1. The third-order valence-electron chi connectivity index (χ3n) is 4.90. The zero-order valence-corrected chi connectivity index (χ0v) is 17.2. The molecule has 30 heavy (non-hydrogen) atoms. The Morgan fingerprint density at radius 1 is 0.933 bits per heavy atom. The quantitative estimate of drug-likeness (QED) is 0.410. The number of para-hydroxylation sites is 1. The van der Waals surface area contributed by atoms with Gasteiger partial charge in [-0.1, -0.05) is 54.2 Å². The minimum atomic E-state index is -0.0927. The van der Waals surface area contributed by atoms with E-state index in [4.69, 9.17) is 0 Å². The van der Waals surface area contributed by atoms with E-state index in [1.165, 1.54) is 22.7 Å². The van der Waals surface area contributed by atoms with Crippen LogP contribution in [0, 0.1) is 11.3 Å². The number of hydrogen-bond donors (Lipinski definition) is 1. The maximum absolute atomic E-state index is 12.8. The van der Waals surface area contributed by atoms with Crippen molar-refractivity contribution in [1.29, 1.82) is 5.26 Å². The Balaban J connectivity index is 1.39. The minimum absolute atomic E-state index is 0.0927. The van der Waals surface area contributed by atoms with Crippen LogP contribution in [0.1, 0.15) is 22.3 Å². The third-order valence-corrected chi connectivity index (χ3v) is 6.05. The summed E-state index contributed by atoms with van der Waals surface area (Å²) in [4.78, 5) is 14.5. The van der Waals surface area contributed by atoms with E-state index < -0.39 is 0 Å². The van der Waals surface area contributed by atoms with E-state index in [0.29, 0.717) is 17.7 Å². The fraction of sp³-hybridized carbons (Fsp3) is 0.120. The molecule has 0 aliphatic rings. The highest BCUT2D eigenvalue weighted by molar-refractivity contribution is 7.99. The van der Waals surface area contributed by atoms with Crippen molar-refractivity contribution < 1.29 is 4.79 Å². The van der Waals surface area contributed by atoms with Crippen LogP contribution in [0.3, 0.4) is 0 Å². The maximum atomic E-state index is 12.8. The van der Waals surface area contributed by atoms with Gasteiger partial charge in [0.2, 0.25) is 0 Å². The summed E-state index contributed by atoms with van der Waals surface area (Å²) in [5.41, 5.74) is 2.44. The number of benzene rings is 3. The predicted molar refractivity (Wildman–Crippen MR) is 121 cm³/mol. The summed E-state index contributed by atoms with van der Waals surface area (Å²) >= 11 is 1.44. The number of amides is 1. The Morgan fingerprint density at radius 3 is 2.53 bits per heavy atom. The fourth-order valence-corrected chi connectivity index (χ4v) is 4.42. The van der Waals surface area contributed by atoms with Gasteiger partial charge < -0.3 is 9.88 Å². The Kier molecular flexibility index (Phi) is 6.17. The van der Waals surface area contributed by atoms with Crippen molar-refractivity contribution in [3.63, 3.8) is 0 Å². The molecule has 0 saturated carbocycles. The largest absolute Gasteiger partial charge is 0.352 e. The van der Waals surface area contributed by atoms with Gasteiger partial charge in [0, 0.05) is 34.6 Å². The normalized spacial score (nSPS) is 10.6. The topological polar surface area (TPSA) is 57.8 Å². The van der Waals surface area contributed by atoms with Gasteiger partial charge in [0.1, 0.15) is 6.07 Å². The summed E-state index contributed by atoms with van der Waals surface area (Å²) in [5.74, 6) is -0.0927. The molecule has 3 aromatic carbocycles. The summed E-state index contributed by atoms with van der Waals surface area (Å²) in [5, 5.41) is 13.6. The average Bonchev–Trinajstić information content (AvgIpc) is 3.20. The molecule has 0 bridgehead atoms. The summed E-state index contributed by atoms with van der Waals surface area (Å²) in [6, 6.07) is 27.6. The van der Waals surface area contributed by atoms with E-state index in [1.54, 1.807) is 6.07 Å². The van der Waals surface area contributed by atoms with Crippen LogP contribution in [0.5, 0.6) is 0 Å². The van der Waals surface area contributed by atoms with Crippen molar-refractivity contribution >= 4 is 28.6 Å². The van der Waals surface area contributed by atoms with E-state index in [1.807, 2.05) is 54.6 Å². The van der Waals surface area contributed by atoms with Crippen LogP contribution in [0.2, 0.25) is 0 Å². The van der Waals surface area contributed by atoms with Crippen molar-refractivity contribution in [3.8, 4) is 6.07 Å². The molecule has 0 spiro atoms. The molecular weight excluding hydrogens is 390 g/mol. The van der Waals surface area contributed by atoms with Crippen LogP contribution in [-0.4, -0.2) is 17.0 Å². The van der Waals surface area contributed by atoms with Crippen molar-refractivity contribution in [2.45, 2.75) is 22.8 Å². The Hall–Kier alpha value is -3.49. The lowest BCUT2D eigenvalue weighted by atomic mass is 10.2. The SMILES string of the molecule is N#Cc1ccccc1Sc1ccccc1C(=O)NCCCn1ccc2ccccc21. The number of rotatable bonds is 7. The van der Waals surface area contributed by atoms with E-state index in [-0.39, 0.29) is 5.91 Å². The van der Waals surface area contributed by atoms with Gasteiger partial charge >= 0.3 is 0 Å². The van der Waals surface area contributed by atoms with Crippen LogP contribution in [0.25, 0.3) is 10.9 Å². The highest BCUT2D eigenvalue weighted by Crippen LogP contribution is 2.32. The highest BCUT2D eigenvalue weighted by atomic mass is 32.2. The predicted octanol–water partition coefficient (Wildman–Crippen LogP) is 5.48. The molecule has 0 aliphatic carbocycles. The number of nitrogens with zero attached hydrogens (tertiary/aromatic N) is 2. The second kappa shape index (κ2) is 9.34. The molecule has 1 N–H and O–H groups in total. The number of hydrogen-bond acceptors (Lipinski definition) is 3. The van der Waals surface area contributed by atoms with E-state index in [0.717, 1.165) is 22.8 Å². The van der Waals surface area contributed by atoms with Gasteiger partial charge in [-0.25, -0.2) is 0 Å². The van der Waals surface area contributed by atoms with Crippen LogP contribution < -0.4 is 5.32 Å². The maximum Gasteiger partial charge on any atom is 0.252 e. The number of nitrogens with one attached hydrogen (secondary N) is 1. The van der Waals surface area contributed by atoms with Crippen LogP contribution in [-0.2, 0) is 6.54 Å². The number of nitriles is 1. The molecule has 1 aromatic heterocycles. The molecule has 0 atom stereocenters. The Bertz CT molecular complexity index is 1220. The van der Waals surface area contributed by atoms with Crippen molar-refractivity contribution in [1.82, 2.24) is 9.88 Å². The van der Waals surface area contributed by atoms with E-state index in [2.05, 4.69) is 40.3 Å². The number of fused-ring (bicyclic) bond motifs is 1. The monoisotopic (exact) mass is 411 g/mol. The van der Waals surface area contributed by atoms with Gasteiger partial charge in [-0.2, -0.15) is 5.26 Å². The molecule has 1 amide bonds. The second-order valence-electron chi connectivity index (χ2n) is 6.88. The van der Waals surface area contributed by atoms with Crippen molar-refractivity contribution in [2.24, 2.45) is 0 Å².